The smallest absolute Gasteiger partial charge is 0.367 e. The lowest BCUT2D eigenvalue weighted by Gasteiger charge is -2.09. The molecule has 0 aliphatic rings. The van der Waals surface area contributed by atoms with Crippen molar-refractivity contribution in [1.29, 1.82) is 0 Å². The number of hydrogen-bond acceptors (Lipinski definition) is 6. The van der Waals surface area contributed by atoms with Crippen LogP contribution in [0, 0.1) is 0 Å². The van der Waals surface area contributed by atoms with Crippen LogP contribution in [0.15, 0.2) is 5.38 Å². The van der Waals surface area contributed by atoms with Crippen LogP contribution in [0.3, 0.4) is 0 Å². The number of esters is 1. The van der Waals surface area contributed by atoms with E-state index in [4.69, 9.17) is 4.74 Å². The average molecular weight is 285 g/mol. The highest BCUT2D eigenvalue weighted by molar-refractivity contribution is 7.11. The SMILES string of the molecule is CCOC(=O)c1nc(C(=O)NCCCN(C)C)cs1. The molecule has 0 saturated carbocycles. The third-order valence-corrected chi connectivity index (χ3v) is 3.08. The first-order valence-electron chi connectivity index (χ1n) is 6.10. The van der Waals surface area contributed by atoms with E-state index in [-0.39, 0.29) is 16.6 Å². The van der Waals surface area contributed by atoms with Crippen LogP contribution < -0.4 is 5.32 Å². The van der Waals surface area contributed by atoms with Crippen molar-refractivity contribution in [3.63, 3.8) is 0 Å². The fraction of sp³-hybridized carbons (Fsp3) is 0.583. The Kier molecular flexibility index (Phi) is 6.44. The van der Waals surface area contributed by atoms with E-state index in [1.165, 1.54) is 0 Å². The second-order valence-corrected chi connectivity index (χ2v) is 5.03. The topological polar surface area (TPSA) is 71.5 Å². The minimum Gasteiger partial charge on any atom is -0.461 e. The molecule has 7 heteroatoms. The van der Waals surface area contributed by atoms with Crippen LogP contribution in [0.5, 0.6) is 0 Å². The Morgan fingerprint density at radius 3 is 2.84 bits per heavy atom. The number of carbonyl (C=O) groups excluding carboxylic acids is 2. The van der Waals surface area contributed by atoms with Gasteiger partial charge < -0.3 is 15.0 Å². The van der Waals surface area contributed by atoms with Gasteiger partial charge in [-0.15, -0.1) is 11.3 Å². The third kappa shape index (κ3) is 5.35. The first-order chi connectivity index (χ1) is 9.04. The van der Waals surface area contributed by atoms with E-state index in [0.29, 0.717) is 13.2 Å². The molecule has 0 bridgehead atoms. The fourth-order valence-corrected chi connectivity index (χ4v) is 2.04. The van der Waals surface area contributed by atoms with Crippen LogP contribution in [0.1, 0.15) is 33.6 Å². The molecule has 0 unspecified atom stereocenters. The number of thiazole rings is 1. The predicted molar refractivity (Wildman–Crippen MR) is 73.6 cm³/mol. The fourth-order valence-electron chi connectivity index (χ4n) is 1.35. The minimum atomic E-state index is -0.487. The van der Waals surface area contributed by atoms with Gasteiger partial charge in [0.25, 0.3) is 5.91 Å². The highest BCUT2D eigenvalue weighted by Crippen LogP contribution is 2.11. The molecule has 0 aliphatic heterocycles. The van der Waals surface area contributed by atoms with Gasteiger partial charge in [0.15, 0.2) is 0 Å². The van der Waals surface area contributed by atoms with Crippen LogP contribution in [0.4, 0.5) is 0 Å². The number of aromatic nitrogens is 1. The van der Waals surface area contributed by atoms with Gasteiger partial charge in [-0.2, -0.15) is 0 Å². The van der Waals surface area contributed by atoms with Crippen LogP contribution in [-0.2, 0) is 4.74 Å². The molecule has 0 radical (unpaired) electrons. The number of rotatable bonds is 7. The number of ether oxygens (including phenoxy) is 1. The predicted octanol–water partition coefficient (Wildman–Crippen LogP) is 1.00. The van der Waals surface area contributed by atoms with E-state index in [1.807, 2.05) is 19.0 Å². The molecular weight excluding hydrogens is 266 g/mol. The quantitative estimate of drug-likeness (QED) is 0.598. The zero-order chi connectivity index (χ0) is 14.3. The molecule has 0 aliphatic carbocycles. The first-order valence-corrected chi connectivity index (χ1v) is 6.98. The molecule has 1 rings (SSSR count). The minimum absolute atomic E-state index is 0.209. The van der Waals surface area contributed by atoms with Gasteiger partial charge in [-0.05, 0) is 34.0 Å². The number of nitrogens with one attached hydrogen (secondary N) is 1. The standard InChI is InChI=1S/C12H19N3O3S/c1-4-18-12(17)11-14-9(8-19-11)10(16)13-6-5-7-15(2)3/h8H,4-7H2,1-3H3,(H,13,16). The molecule has 106 valence electrons. The summed E-state index contributed by atoms with van der Waals surface area (Å²) in [4.78, 5) is 29.2. The van der Waals surface area contributed by atoms with Crippen molar-refractivity contribution >= 4 is 23.2 Å². The molecule has 19 heavy (non-hydrogen) atoms. The summed E-state index contributed by atoms with van der Waals surface area (Å²) < 4.78 is 4.82. The summed E-state index contributed by atoms with van der Waals surface area (Å²) in [5.74, 6) is -0.746. The zero-order valence-electron chi connectivity index (χ0n) is 11.4. The monoisotopic (exact) mass is 285 g/mol. The van der Waals surface area contributed by atoms with Gasteiger partial charge in [0.1, 0.15) is 5.69 Å². The maximum absolute atomic E-state index is 11.8. The van der Waals surface area contributed by atoms with E-state index >= 15 is 0 Å². The van der Waals surface area contributed by atoms with Gasteiger partial charge in [-0.1, -0.05) is 0 Å². The summed E-state index contributed by atoms with van der Waals surface area (Å²) in [6, 6.07) is 0. The molecule has 1 aromatic heterocycles. The van der Waals surface area contributed by atoms with Crippen LogP contribution in [0.2, 0.25) is 0 Å². The molecule has 6 nitrogen and oxygen atoms in total. The summed E-state index contributed by atoms with van der Waals surface area (Å²) in [5, 5.41) is 4.54. The summed E-state index contributed by atoms with van der Waals surface area (Å²) in [7, 11) is 3.96. The summed E-state index contributed by atoms with van der Waals surface area (Å²) >= 11 is 1.12. The lowest BCUT2D eigenvalue weighted by molar-refractivity contribution is 0.0526. The maximum atomic E-state index is 11.8. The molecule has 0 fully saturated rings. The Labute approximate surface area is 116 Å². The highest BCUT2D eigenvalue weighted by atomic mass is 32.1. The Morgan fingerprint density at radius 1 is 1.47 bits per heavy atom. The Morgan fingerprint density at radius 2 is 2.21 bits per heavy atom. The second kappa shape index (κ2) is 7.85. The number of nitrogens with zero attached hydrogens (tertiary/aromatic N) is 2. The summed E-state index contributed by atoms with van der Waals surface area (Å²) in [6.45, 7) is 3.52. The lowest BCUT2D eigenvalue weighted by atomic mass is 10.4. The van der Waals surface area contributed by atoms with Crippen molar-refractivity contribution in [2.75, 3.05) is 33.8 Å². The molecule has 0 saturated heterocycles. The van der Waals surface area contributed by atoms with E-state index < -0.39 is 5.97 Å². The molecule has 0 spiro atoms. The lowest BCUT2D eigenvalue weighted by Crippen LogP contribution is -2.27. The summed E-state index contributed by atoms with van der Waals surface area (Å²) in [6.07, 6.45) is 0.869. The van der Waals surface area contributed by atoms with E-state index in [2.05, 4.69) is 10.3 Å². The second-order valence-electron chi connectivity index (χ2n) is 4.17. The maximum Gasteiger partial charge on any atom is 0.367 e. The molecule has 0 aromatic carbocycles. The molecule has 1 amide bonds. The van der Waals surface area contributed by atoms with Gasteiger partial charge in [0.05, 0.1) is 6.61 Å². The van der Waals surface area contributed by atoms with Crippen molar-refractivity contribution in [1.82, 2.24) is 15.2 Å². The van der Waals surface area contributed by atoms with Crippen molar-refractivity contribution in [3.05, 3.63) is 16.1 Å². The van der Waals surface area contributed by atoms with Crippen molar-refractivity contribution in [2.45, 2.75) is 13.3 Å². The zero-order valence-corrected chi connectivity index (χ0v) is 12.2. The third-order valence-electron chi connectivity index (χ3n) is 2.25. The van der Waals surface area contributed by atoms with Crippen LogP contribution >= 0.6 is 11.3 Å². The van der Waals surface area contributed by atoms with Gasteiger partial charge in [-0.3, -0.25) is 4.79 Å². The molecule has 0 atom stereocenters. The van der Waals surface area contributed by atoms with E-state index in [0.717, 1.165) is 24.3 Å². The molecule has 1 heterocycles. The van der Waals surface area contributed by atoms with Gasteiger partial charge in [-0.25, -0.2) is 9.78 Å². The average Bonchev–Trinajstić information content (AvgIpc) is 2.84. The first kappa shape index (κ1) is 15.6. The van der Waals surface area contributed by atoms with Crippen LogP contribution in [-0.4, -0.2) is 55.6 Å². The van der Waals surface area contributed by atoms with Crippen molar-refractivity contribution in [2.24, 2.45) is 0 Å². The van der Waals surface area contributed by atoms with Crippen molar-refractivity contribution in [3.8, 4) is 0 Å². The van der Waals surface area contributed by atoms with Gasteiger partial charge in [0, 0.05) is 11.9 Å². The normalized spacial score (nSPS) is 10.5. The van der Waals surface area contributed by atoms with Gasteiger partial charge >= 0.3 is 5.97 Å². The van der Waals surface area contributed by atoms with Gasteiger partial charge in [0.2, 0.25) is 5.01 Å². The molecular formula is C12H19N3O3S. The Hall–Kier alpha value is -1.47. The largest absolute Gasteiger partial charge is 0.461 e. The number of amides is 1. The van der Waals surface area contributed by atoms with Crippen molar-refractivity contribution < 1.29 is 14.3 Å². The van der Waals surface area contributed by atoms with E-state index in [1.54, 1.807) is 12.3 Å². The number of carbonyl (C=O) groups is 2. The van der Waals surface area contributed by atoms with Crippen LogP contribution in [0.25, 0.3) is 0 Å². The highest BCUT2D eigenvalue weighted by Gasteiger charge is 2.15. The molecule has 1 aromatic rings. The Bertz CT molecular complexity index is 432. The number of hydrogen-bond donors (Lipinski definition) is 1. The summed E-state index contributed by atoms with van der Waals surface area (Å²) in [5.41, 5.74) is 0.262. The van der Waals surface area contributed by atoms with E-state index in [9.17, 15) is 9.59 Å². The molecule has 1 N–H and O–H groups in total. The Balaban J connectivity index is 2.43.